The van der Waals surface area contributed by atoms with Crippen molar-refractivity contribution in [3.05, 3.63) is 24.3 Å². The Kier molecular flexibility index (Phi) is 4.72. The summed E-state index contributed by atoms with van der Waals surface area (Å²) in [6, 6.07) is 5.92. The molecule has 0 atom stereocenters. The monoisotopic (exact) mass is 210 g/mol. The molecule has 0 heterocycles. The molecule has 1 aromatic rings. The smallest absolute Gasteiger partial charge is 0.731 e. The molecule has 0 fully saturated rings. The largest absolute Gasteiger partial charge is 1.00 e. The molecule has 0 radical (unpaired) electrons. The van der Waals surface area contributed by atoms with Gasteiger partial charge < -0.3 is 10.3 Å². The summed E-state index contributed by atoms with van der Waals surface area (Å²) in [6.07, 6.45) is 0. The van der Waals surface area contributed by atoms with E-state index in [2.05, 4.69) is 0 Å². The molecule has 7 heteroatoms. The van der Waals surface area contributed by atoms with Crippen LogP contribution in [-0.4, -0.2) is 13.0 Å². The summed E-state index contributed by atoms with van der Waals surface area (Å²) < 4.78 is 32.4. The van der Waals surface area contributed by atoms with Gasteiger partial charge >= 0.3 is 29.6 Å². The minimum Gasteiger partial charge on any atom is -0.731 e. The molecule has 66 valence electrons. The van der Waals surface area contributed by atoms with Crippen molar-refractivity contribution >= 4 is 21.7 Å². The first kappa shape index (κ1) is 12.7. The van der Waals surface area contributed by atoms with Crippen molar-refractivity contribution in [1.82, 2.24) is 0 Å². The Hall–Kier alpha value is -0.270. The van der Waals surface area contributed by atoms with E-state index in [0.29, 0.717) is 5.69 Å². The average Bonchev–Trinajstić information content (AvgIpc) is 1.82. The van der Waals surface area contributed by atoms with Crippen LogP contribution in [0.15, 0.2) is 24.3 Å². The van der Waals surface area contributed by atoms with E-state index < -0.39 is 10.3 Å². The third-order valence-electron chi connectivity index (χ3n) is 1.13. The average molecular weight is 210 g/mol. The standard InChI is InChI=1S/C6H8N2O3S.Na/c7-5-2-1-3-6(4-5)8-12(9,10)11;/h1-4,8H,7H2,(H,9,10,11);/q;+1/p-1. The molecule has 0 aliphatic rings. The summed E-state index contributed by atoms with van der Waals surface area (Å²) in [5.41, 5.74) is 5.90. The summed E-state index contributed by atoms with van der Waals surface area (Å²) in [7, 11) is -4.45. The predicted molar refractivity (Wildman–Crippen MR) is 44.2 cm³/mol. The molecule has 3 N–H and O–H groups in total. The fourth-order valence-electron chi connectivity index (χ4n) is 0.746. The number of hydrogen-bond acceptors (Lipinski definition) is 4. The van der Waals surface area contributed by atoms with Crippen LogP contribution < -0.4 is 40.0 Å². The fourth-order valence-corrected chi connectivity index (χ4v) is 1.16. The molecule has 0 aliphatic carbocycles. The molecule has 13 heavy (non-hydrogen) atoms. The first-order chi connectivity index (χ1) is 5.47. The molecular weight excluding hydrogens is 203 g/mol. The third-order valence-corrected chi connectivity index (χ3v) is 1.62. The first-order valence-electron chi connectivity index (χ1n) is 3.06. The van der Waals surface area contributed by atoms with Crippen molar-refractivity contribution in [2.45, 2.75) is 0 Å². The van der Waals surface area contributed by atoms with Crippen molar-refractivity contribution in [2.24, 2.45) is 0 Å². The van der Waals surface area contributed by atoms with Gasteiger partial charge in [-0.25, -0.2) is 8.42 Å². The number of anilines is 2. The number of nitrogen functional groups attached to an aromatic ring is 1. The van der Waals surface area contributed by atoms with Crippen molar-refractivity contribution in [3.63, 3.8) is 0 Å². The molecule has 0 bridgehead atoms. The van der Waals surface area contributed by atoms with Gasteiger partial charge in [0.15, 0.2) is 10.3 Å². The second kappa shape index (κ2) is 4.83. The molecule has 0 saturated carbocycles. The zero-order chi connectivity index (χ0) is 9.19. The van der Waals surface area contributed by atoms with Gasteiger partial charge in [-0.05, 0) is 18.2 Å². The number of rotatable bonds is 2. The normalized spacial score (nSPS) is 10.2. The van der Waals surface area contributed by atoms with Gasteiger partial charge in [-0.1, -0.05) is 6.07 Å². The zero-order valence-electron chi connectivity index (χ0n) is 7.02. The van der Waals surface area contributed by atoms with Crippen LogP contribution in [0.2, 0.25) is 0 Å². The van der Waals surface area contributed by atoms with E-state index in [1.165, 1.54) is 12.1 Å². The van der Waals surface area contributed by atoms with E-state index >= 15 is 0 Å². The molecular formula is C6H7N2NaO3S. The van der Waals surface area contributed by atoms with E-state index in [4.69, 9.17) is 5.73 Å². The quantitative estimate of drug-likeness (QED) is 0.312. The number of hydrogen-bond donors (Lipinski definition) is 2. The molecule has 1 aromatic carbocycles. The first-order valence-corrected chi connectivity index (χ1v) is 4.47. The minimum atomic E-state index is -4.45. The van der Waals surface area contributed by atoms with Crippen LogP contribution in [0, 0.1) is 0 Å². The summed E-state index contributed by atoms with van der Waals surface area (Å²) in [5.74, 6) is 0. The van der Waals surface area contributed by atoms with Crippen LogP contribution in [0.25, 0.3) is 0 Å². The maximum Gasteiger partial charge on any atom is 1.00 e. The van der Waals surface area contributed by atoms with E-state index in [0.717, 1.165) is 0 Å². The summed E-state index contributed by atoms with van der Waals surface area (Å²) in [5, 5.41) is 0. The molecule has 0 aliphatic heterocycles. The van der Waals surface area contributed by atoms with Crippen LogP contribution in [0.1, 0.15) is 0 Å². The Morgan fingerprint density at radius 2 is 2.00 bits per heavy atom. The fraction of sp³-hybridized carbons (Fsp3) is 0. The third kappa shape index (κ3) is 5.12. The molecule has 0 aromatic heterocycles. The number of benzene rings is 1. The van der Waals surface area contributed by atoms with Gasteiger partial charge in [0.2, 0.25) is 0 Å². The van der Waals surface area contributed by atoms with E-state index in [1.807, 2.05) is 0 Å². The van der Waals surface area contributed by atoms with Crippen LogP contribution in [-0.2, 0) is 10.3 Å². The van der Waals surface area contributed by atoms with Crippen LogP contribution in [0.3, 0.4) is 0 Å². The van der Waals surface area contributed by atoms with Gasteiger partial charge in [0.05, 0.1) is 0 Å². The molecule has 0 spiro atoms. The van der Waals surface area contributed by atoms with Gasteiger partial charge in [0, 0.05) is 11.4 Å². The maximum absolute atomic E-state index is 10.2. The van der Waals surface area contributed by atoms with E-state index in [9.17, 15) is 13.0 Å². The van der Waals surface area contributed by atoms with Crippen molar-refractivity contribution in [2.75, 3.05) is 10.5 Å². The van der Waals surface area contributed by atoms with Crippen molar-refractivity contribution in [1.29, 1.82) is 0 Å². The van der Waals surface area contributed by atoms with Gasteiger partial charge in [-0.15, -0.1) is 0 Å². The van der Waals surface area contributed by atoms with Gasteiger partial charge in [-0.2, -0.15) is 0 Å². The topological polar surface area (TPSA) is 95.2 Å². The Bertz CT molecular complexity index is 379. The maximum atomic E-state index is 10.2. The van der Waals surface area contributed by atoms with Gasteiger partial charge in [-0.3, -0.25) is 4.72 Å². The van der Waals surface area contributed by atoms with Crippen LogP contribution in [0.5, 0.6) is 0 Å². The predicted octanol–water partition coefficient (Wildman–Crippen LogP) is -2.86. The van der Waals surface area contributed by atoms with E-state index in [-0.39, 0.29) is 35.2 Å². The van der Waals surface area contributed by atoms with E-state index in [1.54, 1.807) is 16.9 Å². The van der Waals surface area contributed by atoms with Crippen molar-refractivity contribution < 1.29 is 42.5 Å². The Morgan fingerprint density at radius 1 is 1.38 bits per heavy atom. The SMILES string of the molecule is Nc1cccc(NS(=O)(=O)[O-])c1.[Na+]. The Labute approximate surface area is 98.5 Å². The van der Waals surface area contributed by atoms with Crippen molar-refractivity contribution in [3.8, 4) is 0 Å². The Morgan fingerprint density at radius 3 is 2.46 bits per heavy atom. The zero-order valence-corrected chi connectivity index (χ0v) is 9.84. The molecule has 0 unspecified atom stereocenters. The second-order valence-corrected chi connectivity index (χ2v) is 3.29. The van der Waals surface area contributed by atoms with Crippen LogP contribution in [0.4, 0.5) is 11.4 Å². The second-order valence-electron chi connectivity index (χ2n) is 2.18. The van der Waals surface area contributed by atoms with Crippen LogP contribution >= 0.6 is 0 Å². The molecule has 0 amide bonds. The Balaban J connectivity index is 0.00000144. The van der Waals surface area contributed by atoms with Gasteiger partial charge in [0.1, 0.15) is 0 Å². The molecule has 0 saturated heterocycles. The summed E-state index contributed by atoms with van der Waals surface area (Å²) in [6.45, 7) is 0. The molecule has 1 rings (SSSR count). The number of nitrogens with two attached hydrogens (primary N) is 1. The molecule has 5 nitrogen and oxygen atoms in total. The summed E-state index contributed by atoms with van der Waals surface area (Å²) >= 11 is 0. The summed E-state index contributed by atoms with van der Waals surface area (Å²) in [4.78, 5) is 0. The number of nitrogens with one attached hydrogen (secondary N) is 1. The van der Waals surface area contributed by atoms with Gasteiger partial charge in [0.25, 0.3) is 0 Å². The minimum absolute atomic E-state index is 0.